The molecule has 1 aromatic rings. The van der Waals surface area contributed by atoms with Crippen molar-refractivity contribution in [2.45, 2.75) is 19.9 Å². The van der Waals surface area contributed by atoms with Crippen molar-refractivity contribution in [1.29, 1.82) is 5.26 Å². The zero-order valence-corrected chi connectivity index (χ0v) is 11.5. The van der Waals surface area contributed by atoms with Gasteiger partial charge in [0.05, 0.1) is 20.3 Å². The zero-order chi connectivity index (χ0) is 13.5. The lowest BCUT2D eigenvalue weighted by atomic mass is 10.1. The Morgan fingerprint density at radius 2 is 1.83 bits per heavy atom. The number of rotatable bonds is 6. The fourth-order valence-electron chi connectivity index (χ4n) is 1.80. The van der Waals surface area contributed by atoms with Crippen LogP contribution < -0.4 is 9.47 Å². The van der Waals surface area contributed by atoms with Crippen LogP contribution in [0.25, 0.3) is 0 Å². The van der Waals surface area contributed by atoms with Crippen molar-refractivity contribution in [3.05, 3.63) is 23.3 Å². The van der Waals surface area contributed by atoms with E-state index in [2.05, 4.69) is 17.9 Å². The van der Waals surface area contributed by atoms with Crippen LogP contribution in [0, 0.1) is 18.3 Å². The third-order valence-electron chi connectivity index (χ3n) is 2.89. The van der Waals surface area contributed by atoms with E-state index in [1.165, 1.54) is 5.56 Å². The highest BCUT2D eigenvalue weighted by atomic mass is 16.5. The van der Waals surface area contributed by atoms with Gasteiger partial charge in [0.25, 0.3) is 0 Å². The van der Waals surface area contributed by atoms with E-state index in [9.17, 15) is 0 Å². The van der Waals surface area contributed by atoms with Crippen LogP contribution in [0.2, 0.25) is 0 Å². The zero-order valence-electron chi connectivity index (χ0n) is 11.5. The van der Waals surface area contributed by atoms with Gasteiger partial charge >= 0.3 is 0 Å². The lowest BCUT2D eigenvalue weighted by Crippen LogP contribution is -2.19. The Balaban J connectivity index is 2.86. The average Bonchev–Trinajstić information content (AvgIpc) is 2.38. The maximum absolute atomic E-state index is 8.57. The average molecular weight is 248 g/mol. The quantitative estimate of drug-likeness (QED) is 0.775. The van der Waals surface area contributed by atoms with Gasteiger partial charge in [-0.15, -0.1) is 0 Å². The van der Waals surface area contributed by atoms with Gasteiger partial charge in [-0.2, -0.15) is 5.26 Å². The highest BCUT2D eigenvalue weighted by molar-refractivity contribution is 5.46. The second-order valence-electron chi connectivity index (χ2n) is 4.28. The lowest BCUT2D eigenvalue weighted by molar-refractivity contribution is 0.329. The van der Waals surface area contributed by atoms with E-state index in [1.807, 2.05) is 19.2 Å². The van der Waals surface area contributed by atoms with Gasteiger partial charge in [0.1, 0.15) is 0 Å². The number of hydrogen-bond donors (Lipinski definition) is 0. The fourth-order valence-corrected chi connectivity index (χ4v) is 1.80. The smallest absolute Gasteiger partial charge is 0.161 e. The minimum atomic E-state index is 0.544. The van der Waals surface area contributed by atoms with Crippen LogP contribution in [0.4, 0.5) is 0 Å². The Labute approximate surface area is 109 Å². The molecule has 4 heteroatoms. The van der Waals surface area contributed by atoms with Gasteiger partial charge in [-0.3, -0.25) is 0 Å². The molecule has 0 aliphatic carbocycles. The molecule has 0 unspecified atom stereocenters. The first-order valence-corrected chi connectivity index (χ1v) is 5.89. The molecule has 1 aromatic carbocycles. The van der Waals surface area contributed by atoms with Crippen molar-refractivity contribution >= 4 is 0 Å². The molecule has 0 amide bonds. The van der Waals surface area contributed by atoms with Crippen molar-refractivity contribution in [2.24, 2.45) is 0 Å². The van der Waals surface area contributed by atoms with E-state index < -0.39 is 0 Å². The number of methoxy groups -OCH3 is 2. The molecule has 0 bridgehead atoms. The SMILES string of the molecule is COc1cc(C)c(CN(C)CCC#N)cc1OC. The number of nitrogens with zero attached hydrogens (tertiary/aromatic N) is 2. The summed E-state index contributed by atoms with van der Waals surface area (Å²) in [6, 6.07) is 6.13. The van der Waals surface area contributed by atoms with Gasteiger partial charge in [0, 0.05) is 19.5 Å². The van der Waals surface area contributed by atoms with E-state index in [1.54, 1.807) is 14.2 Å². The Bertz CT molecular complexity index is 438. The Morgan fingerprint density at radius 1 is 1.22 bits per heavy atom. The Kier molecular flexibility index (Phi) is 5.47. The second kappa shape index (κ2) is 6.87. The minimum Gasteiger partial charge on any atom is -0.493 e. The summed E-state index contributed by atoms with van der Waals surface area (Å²) < 4.78 is 10.6. The normalized spacial score (nSPS) is 10.2. The molecule has 0 radical (unpaired) electrons. The second-order valence-corrected chi connectivity index (χ2v) is 4.28. The molecular formula is C14H20N2O2. The van der Waals surface area contributed by atoms with E-state index in [-0.39, 0.29) is 0 Å². The van der Waals surface area contributed by atoms with Gasteiger partial charge in [0.15, 0.2) is 11.5 Å². The molecule has 0 atom stereocenters. The molecule has 98 valence electrons. The van der Waals surface area contributed by atoms with Crippen molar-refractivity contribution in [1.82, 2.24) is 4.90 Å². The predicted molar refractivity (Wildman–Crippen MR) is 70.8 cm³/mol. The summed E-state index contributed by atoms with van der Waals surface area (Å²) in [4.78, 5) is 2.12. The van der Waals surface area contributed by atoms with Crippen molar-refractivity contribution in [2.75, 3.05) is 27.8 Å². The van der Waals surface area contributed by atoms with Crippen LogP contribution in [0.5, 0.6) is 11.5 Å². The standard InChI is InChI=1S/C14H20N2O2/c1-11-8-13(17-3)14(18-4)9-12(11)10-16(2)7-5-6-15/h8-9H,5,7,10H2,1-4H3. The Hall–Kier alpha value is -1.73. The Morgan fingerprint density at radius 3 is 2.39 bits per heavy atom. The topological polar surface area (TPSA) is 45.5 Å². The van der Waals surface area contributed by atoms with Gasteiger partial charge in [-0.05, 0) is 37.2 Å². The van der Waals surface area contributed by atoms with Crippen LogP contribution in [0.3, 0.4) is 0 Å². The third kappa shape index (κ3) is 3.64. The summed E-state index contributed by atoms with van der Waals surface area (Å²) >= 11 is 0. The highest BCUT2D eigenvalue weighted by Gasteiger charge is 2.10. The van der Waals surface area contributed by atoms with Gasteiger partial charge in [-0.1, -0.05) is 0 Å². The number of aryl methyl sites for hydroxylation is 1. The predicted octanol–water partition coefficient (Wildman–Crippen LogP) is 2.36. The molecule has 1 rings (SSSR count). The highest BCUT2D eigenvalue weighted by Crippen LogP contribution is 2.30. The first-order chi connectivity index (χ1) is 8.62. The molecule has 0 aliphatic heterocycles. The van der Waals surface area contributed by atoms with E-state index in [4.69, 9.17) is 14.7 Å². The fraction of sp³-hybridized carbons (Fsp3) is 0.500. The maximum Gasteiger partial charge on any atom is 0.161 e. The summed E-state index contributed by atoms with van der Waals surface area (Å²) in [5.74, 6) is 1.49. The van der Waals surface area contributed by atoms with Gasteiger partial charge in [-0.25, -0.2) is 0 Å². The van der Waals surface area contributed by atoms with Crippen LogP contribution >= 0.6 is 0 Å². The lowest BCUT2D eigenvalue weighted by Gasteiger charge is -2.18. The van der Waals surface area contributed by atoms with E-state index in [0.29, 0.717) is 6.42 Å². The summed E-state index contributed by atoms with van der Waals surface area (Å²) in [6.07, 6.45) is 0.544. The van der Waals surface area contributed by atoms with Crippen LogP contribution in [0.15, 0.2) is 12.1 Å². The molecule has 0 saturated carbocycles. The van der Waals surface area contributed by atoms with Gasteiger partial charge < -0.3 is 14.4 Å². The molecule has 0 spiro atoms. The summed E-state index contributed by atoms with van der Waals surface area (Å²) in [7, 11) is 5.28. The maximum atomic E-state index is 8.57. The van der Waals surface area contributed by atoms with E-state index >= 15 is 0 Å². The summed E-state index contributed by atoms with van der Waals surface area (Å²) in [5.41, 5.74) is 2.35. The largest absolute Gasteiger partial charge is 0.493 e. The molecule has 0 saturated heterocycles. The van der Waals surface area contributed by atoms with Crippen molar-refractivity contribution < 1.29 is 9.47 Å². The number of benzene rings is 1. The first-order valence-electron chi connectivity index (χ1n) is 5.89. The van der Waals surface area contributed by atoms with Crippen molar-refractivity contribution in [3.63, 3.8) is 0 Å². The summed E-state index contributed by atoms with van der Waals surface area (Å²) in [6.45, 7) is 3.62. The monoisotopic (exact) mass is 248 g/mol. The molecule has 18 heavy (non-hydrogen) atoms. The molecule has 0 N–H and O–H groups in total. The van der Waals surface area contributed by atoms with Crippen LogP contribution in [-0.4, -0.2) is 32.7 Å². The van der Waals surface area contributed by atoms with Gasteiger partial charge in [0.2, 0.25) is 0 Å². The molecule has 4 nitrogen and oxygen atoms in total. The minimum absolute atomic E-state index is 0.544. The molecular weight excluding hydrogens is 228 g/mol. The van der Waals surface area contributed by atoms with Crippen molar-refractivity contribution in [3.8, 4) is 17.6 Å². The van der Waals surface area contributed by atoms with Crippen LogP contribution in [0.1, 0.15) is 17.5 Å². The van der Waals surface area contributed by atoms with Crippen LogP contribution in [-0.2, 0) is 6.54 Å². The summed E-state index contributed by atoms with van der Waals surface area (Å²) in [5, 5.41) is 8.57. The van der Waals surface area contributed by atoms with E-state index in [0.717, 1.165) is 30.2 Å². The number of hydrogen-bond acceptors (Lipinski definition) is 4. The molecule has 0 aliphatic rings. The molecule has 0 aromatic heterocycles. The number of nitriles is 1. The molecule has 0 fully saturated rings. The number of ether oxygens (including phenoxy) is 2. The molecule has 0 heterocycles. The third-order valence-corrected chi connectivity index (χ3v) is 2.89. The first kappa shape index (κ1) is 14.3.